The number of ether oxygens (including phenoxy) is 1. The van der Waals surface area contributed by atoms with Gasteiger partial charge in [-0.2, -0.15) is 0 Å². The van der Waals surface area contributed by atoms with Gasteiger partial charge in [-0.3, -0.25) is 9.59 Å². The minimum absolute atomic E-state index is 0.0134. The van der Waals surface area contributed by atoms with Crippen molar-refractivity contribution in [2.45, 2.75) is 40.2 Å². The number of esters is 1. The number of rotatable bonds is 5. The highest BCUT2D eigenvalue weighted by molar-refractivity contribution is 5.96. The van der Waals surface area contributed by atoms with Crippen molar-refractivity contribution in [1.82, 2.24) is 0 Å². The maximum absolute atomic E-state index is 12.9. The number of halogens is 1. The zero-order chi connectivity index (χ0) is 18.6. The Morgan fingerprint density at radius 2 is 1.64 bits per heavy atom. The van der Waals surface area contributed by atoms with Crippen LogP contribution in [-0.2, 0) is 20.7 Å². The second kappa shape index (κ2) is 7.92. The van der Waals surface area contributed by atoms with Gasteiger partial charge in [0.15, 0.2) is 6.10 Å². The van der Waals surface area contributed by atoms with Crippen molar-refractivity contribution in [2.75, 3.05) is 5.32 Å². The van der Waals surface area contributed by atoms with Gasteiger partial charge in [0.25, 0.3) is 5.91 Å². The lowest BCUT2D eigenvalue weighted by Crippen LogP contribution is -2.31. The number of carbonyl (C=O) groups excluding carboxylic acids is 2. The van der Waals surface area contributed by atoms with E-state index in [9.17, 15) is 14.0 Å². The Bertz CT molecular complexity index is 761. The SMILES string of the molecule is Cc1cc(C)c(NC(=O)[C@@H](C)OC(=O)Cc2ccc(F)cc2)c(C)c1. The molecular weight excluding hydrogens is 321 g/mol. The van der Waals surface area contributed by atoms with Crippen molar-refractivity contribution >= 4 is 17.6 Å². The van der Waals surface area contributed by atoms with Crippen LogP contribution in [0.5, 0.6) is 0 Å². The van der Waals surface area contributed by atoms with Gasteiger partial charge >= 0.3 is 5.97 Å². The molecule has 0 unspecified atom stereocenters. The highest BCUT2D eigenvalue weighted by atomic mass is 19.1. The number of hydrogen-bond acceptors (Lipinski definition) is 3. The second-order valence-corrected chi connectivity index (χ2v) is 6.20. The molecule has 0 aliphatic heterocycles. The summed E-state index contributed by atoms with van der Waals surface area (Å²) in [7, 11) is 0. The molecule has 25 heavy (non-hydrogen) atoms. The van der Waals surface area contributed by atoms with Crippen LogP contribution in [0.3, 0.4) is 0 Å². The molecule has 1 N–H and O–H groups in total. The number of aryl methyl sites for hydroxylation is 3. The van der Waals surface area contributed by atoms with Gasteiger partial charge in [-0.1, -0.05) is 29.8 Å². The van der Waals surface area contributed by atoms with E-state index in [0.29, 0.717) is 5.56 Å². The van der Waals surface area contributed by atoms with E-state index in [4.69, 9.17) is 4.74 Å². The van der Waals surface area contributed by atoms with E-state index in [1.54, 1.807) is 0 Å². The first-order valence-electron chi connectivity index (χ1n) is 8.09. The van der Waals surface area contributed by atoms with Gasteiger partial charge in [0, 0.05) is 5.69 Å². The van der Waals surface area contributed by atoms with E-state index < -0.39 is 12.1 Å². The topological polar surface area (TPSA) is 55.4 Å². The number of amides is 1. The molecule has 0 aromatic heterocycles. The summed E-state index contributed by atoms with van der Waals surface area (Å²) in [6.45, 7) is 7.35. The average molecular weight is 343 g/mol. The molecule has 1 atom stereocenters. The van der Waals surface area contributed by atoms with Crippen LogP contribution in [0.15, 0.2) is 36.4 Å². The fourth-order valence-corrected chi connectivity index (χ4v) is 2.66. The maximum atomic E-state index is 12.9. The predicted molar refractivity (Wildman–Crippen MR) is 94.9 cm³/mol. The summed E-state index contributed by atoms with van der Waals surface area (Å²) in [5.74, 6) is -1.29. The molecular formula is C20H22FNO3. The summed E-state index contributed by atoms with van der Waals surface area (Å²) in [6.07, 6.45) is -0.937. The Balaban J connectivity index is 1.96. The molecule has 0 aliphatic rings. The Hall–Kier alpha value is -2.69. The summed E-state index contributed by atoms with van der Waals surface area (Å²) in [5.41, 5.74) is 4.39. The smallest absolute Gasteiger partial charge is 0.311 e. The van der Waals surface area contributed by atoms with Gasteiger partial charge in [0.2, 0.25) is 0 Å². The standard InChI is InChI=1S/C20H22FNO3/c1-12-9-13(2)19(14(3)10-12)22-20(24)15(4)25-18(23)11-16-5-7-17(21)8-6-16/h5-10,15H,11H2,1-4H3,(H,22,24)/t15-/m1/s1. The molecule has 0 heterocycles. The first-order valence-corrected chi connectivity index (χ1v) is 8.09. The van der Waals surface area contributed by atoms with Crippen molar-refractivity contribution in [2.24, 2.45) is 0 Å². The highest BCUT2D eigenvalue weighted by Gasteiger charge is 2.19. The molecule has 132 valence electrons. The van der Waals surface area contributed by atoms with Crippen molar-refractivity contribution in [3.05, 3.63) is 64.5 Å². The van der Waals surface area contributed by atoms with E-state index in [2.05, 4.69) is 5.32 Å². The zero-order valence-corrected chi connectivity index (χ0v) is 14.9. The summed E-state index contributed by atoms with van der Waals surface area (Å²) in [4.78, 5) is 24.2. The molecule has 0 spiro atoms. The Morgan fingerprint density at radius 1 is 1.08 bits per heavy atom. The van der Waals surface area contributed by atoms with Crippen molar-refractivity contribution in [3.63, 3.8) is 0 Å². The molecule has 2 aromatic carbocycles. The zero-order valence-electron chi connectivity index (χ0n) is 14.9. The predicted octanol–water partition coefficient (Wildman–Crippen LogP) is 3.86. The number of hydrogen-bond donors (Lipinski definition) is 1. The van der Waals surface area contributed by atoms with Crippen LogP contribution in [0.4, 0.5) is 10.1 Å². The highest BCUT2D eigenvalue weighted by Crippen LogP contribution is 2.22. The fourth-order valence-electron chi connectivity index (χ4n) is 2.66. The lowest BCUT2D eigenvalue weighted by molar-refractivity contribution is -0.152. The van der Waals surface area contributed by atoms with Gasteiger partial charge in [-0.05, 0) is 56.5 Å². The van der Waals surface area contributed by atoms with Crippen LogP contribution in [0, 0.1) is 26.6 Å². The van der Waals surface area contributed by atoms with Gasteiger partial charge in [0.05, 0.1) is 6.42 Å². The van der Waals surface area contributed by atoms with Crippen molar-refractivity contribution in [3.8, 4) is 0 Å². The van der Waals surface area contributed by atoms with E-state index in [1.807, 2.05) is 32.9 Å². The molecule has 5 heteroatoms. The third-order valence-electron chi connectivity index (χ3n) is 3.86. The number of benzene rings is 2. The van der Waals surface area contributed by atoms with E-state index >= 15 is 0 Å². The molecule has 4 nitrogen and oxygen atoms in total. The van der Waals surface area contributed by atoms with E-state index in [-0.39, 0.29) is 18.1 Å². The second-order valence-electron chi connectivity index (χ2n) is 6.20. The molecule has 0 saturated carbocycles. The number of nitrogens with one attached hydrogen (secondary N) is 1. The molecule has 0 bridgehead atoms. The molecule has 1 amide bonds. The molecule has 0 aliphatic carbocycles. The molecule has 0 radical (unpaired) electrons. The normalized spacial score (nSPS) is 11.7. The number of carbonyl (C=O) groups is 2. The van der Waals surface area contributed by atoms with Crippen LogP contribution >= 0.6 is 0 Å². The van der Waals surface area contributed by atoms with Gasteiger partial charge in [0.1, 0.15) is 5.82 Å². The summed E-state index contributed by atoms with van der Waals surface area (Å²) in [5, 5.41) is 2.82. The first kappa shape index (κ1) is 18.6. The van der Waals surface area contributed by atoms with Crippen molar-refractivity contribution in [1.29, 1.82) is 0 Å². The van der Waals surface area contributed by atoms with Crippen molar-refractivity contribution < 1.29 is 18.7 Å². The first-order chi connectivity index (χ1) is 11.8. The molecule has 0 fully saturated rings. The van der Waals surface area contributed by atoms with E-state index in [0.717, 1.165) is 22.4 Å². The van der Waals surface area contributed by atoms with E-state index in [1.165, 1.54) is 31.2 Å². The largest absolute Gasteiger partial charge is 0.452 e. The van der Waals surface area contributed by atoms with Gasteiger partial charge in [-0.25, -0.2) is 4.39 Å². The third kappa shape index (κ3) is 5.14. The summed E-state index contributed by atoms with van der Waals surface area (Å²) >= 11 is 0. The van der Waals surface area contributed by atoms with Crippen LogP contribution < -0.4 is 5.32 Å². The lowest BCUT2D eigenvalue weighted by Gasteiger charge is -2.17. The van der Waals surface area contributed by atoms with Gasteiger partial charge in [-0.15, -0.1) is 0 Å². The van der Waals surface area contributed by atoms with Crippen LogP contribution in [0.25, 0.3) is 0 Å². The third-order valence-corrected chi connectivity index (χ3v) is 3.86. The monoisotopic (exact) mass is 343 g/mol. The lowest BCUT2D eigenvalue weighted by atomic mass is 10.0. The average Bonchev–Trinajstić information content (AvgIpc) is 2.52. The maximum Gasteiger partial charge on any atom is 0.311 e. The van der Waals surface area contributed by atoms with Crippen LogP contribution in [-0.4, -0.2) is 18.0 Å². The molecule has 2 aromatic rings. The fraction of sp³-hybridized carbons (Fsp3) is 0.300. The van der Waals surface area contributed by atoms with Crippen LogP contribution in [0.1, 0.15) is 29.2 Å². The minimum atomic E-state index is -0.923. The summed E-state index contributed by atoms with van der Waals surface area (Å²) in [6, 6.07) is 9.55. The number of anilines is 1. The minimum Gasteiger partial charge on any atom is -0.452 e. The molecule has 2 rings (SSSR count). The Kier molecular flexibility index (Phi) is 5.91. The quantitative estimate of drug-likeness (QED) is 0.839. The van der Waals surface area contributed by atoms with Gasteiger partial charge < -0.3 is 10.1 Å². The Labute approximate surface area is 147 Å². The summed E-state index contributed by atoms with van der Waals surface area (Å²) < 4.78 is 18.0. The van der Waals surface area contributed by atoms with Crippen LogP contribution in [0.2, 0.25) is 0 Å². The molecule has 0 saturated heterocycles. The Morgan fingerprint density at radius 3 is 2.20 bits per heavy atom.